The summed E-state index contributed by atoms with van der Waals surface area (Å²) in [4.78, 5) is 37.4. The molecule has 6 aliphatic heterocycles. The Kier molecular flexibility index (Phi) is 16.6. The number of phenolic OH excluding ortho intramolecular Hbond substituents is 1. The van der Waals surface area contributed by atoms with Crippen LogP contribution in [0.5, 0.6) is 29.4 Å². The van der Waals surface area contributed by atoms with Gasteiger partial charge in [-0.2, -0.15) is 31.8 Å². The van der Waals surface area contributed by atoms with Crippen LogP contribution in [0.4, 0.5) is 28.9 Å². The van der Waals surface area contributed by atoms with Gasteiger partial charge >= 0.3 is 26.2 Å². The molecule has 0 amide bonds. The minimum atomic E-state index is -4.33. The van der Waals surface area contributed by atoms with Crippen LogP contribution in [0.25, 0.3) is 21.5 Å². The predicted octanol–water partition coefficient (Wildman–Crippen LogP) is 11.5. The standard InChI is InChI=1S/C39H37BrF2N4O7S2.C25H25BrF2N4O3.H2/c1-24-4-9-29(10-5-24)54(47,48)52-28-18-26-8-13-32(42)36(40)35(26)34(19-28)45-17-14-31-33(22-45)43-38(51-23-39-15-3-16-46(39)21-27(41)20-39)44-37(31)53-55(49,50)30-11-6-25(2)7-12-30;26-22-18(28)3-2-14-8-16(33)9-20(21(14)22)31-7-4-17-19(12-31)29-24(30-23(17)34)35-13-25-5-1-6-32(25)11-15(27)10-25;/h4-13,18-19,27H,3,14-17,20-23H2,1-2H3;2-3,8-9,15,33H,1,4-7,10-13H2,(H,29,30,34);1H/t27-,39+;15-,25+;/m11./s1. The number of aromatic amines is 1. The monoisotopic (exact) mass is 1400 g/mol. The van der Waals surface area contributed by atoms with Crippen LogP contribution in [-0.2, 0) is 46.2 Å². The maximum Gasteiger partial charge on any atom is 0.340 e. The van der Waals surface area contributed by atoms with Crippen molar-refractivity contribution in [2.75, 3.05) is 62.3 Å². The highest BCUT2D eigenvalue weighted by atomic mass is 79.9. The molecule has 2 N–H and O–H groups in total. The smallest absolute Gasteiger partial charge is 0.340 e. The first-order chi connectivity index (χ1) is 43.0. The number of hydrogen-bond acceptors (Lipinski definition) is 17. The van der Waals surface area contributed by atoms with Crippen molar-refractivity contribution >= 4 is 85.0 Å². The van der Waals surface area contributed by atoms with Crippen LogP contribution in [0.3, 0.4) is 0 Å². The van der Waals surface area contributed by atoms with Crippen LogP contribution in [0, 0.1) is 25.5 Å². The second-order valence-corrected chi connectivity index (χ2v) is 28.8. The van der Waals surface area contributed by atoms with E-state index in [-0.39, 0.29) is 88.9 Å². The maximum absolute atomic E-state index is 15.1. The molecule has 0 radical (unpaired) electrons. The number of nitrogens with one attached hydrogen (secondary N) is 1. The number of aromatic nitrogens is 4. The van der Waals surface area contributed by atoms with E-state index >= 15 is 4.39 Å². The maximum atomic E-state index is 15.1. The Morgan fingerprint density at radius 2 is 1.16 bits per heavy atom. The zero-order valence-electron chi connectivity index (χ0n) is 49.0. The van der Waals surface area contributed by atoms with E-state index in [0.717, 1.165) is 49.9 Å². The summed E-state index contributed by atoms with van der Waals surface area (Å²) >= 11 is 6.75. The van der Waals surface area contributed by atoms with Crippen LogP contribution < -0.4 is 33.2 Å². The molecule has 90 heavy (non-hydrogen) atoms. The molecular formula is C64H64Br2F4N8O10S2. The number of hydrogen-bond donors (Lipinski definition) is 2. The fraction of sp³-hybridized carbons (Fsp3) is 0.375. The third-order valence-electron chi connectivity index (χ3n) is 18.2. The van der Waals surface area contributed by atoms with Gasteiger partial charge < -0.3 is 32.7 Å². The summed E-state index contributed by atoms with van der Waals surface area (Å²) in [6, 6.07) is 24.6. The number of aromatic hydroxyl groups is 1. The van der Waals surface area contributed by atoms with Crippen LogP contribution in [0.2, 0.25) is 0 Å². The Morgan fingerprint density at radius 3 is 1.73 bits per heavy atom. The van der Waals surface area contributed by atoms with Gasteiger partial charge in [0.15, 0.2) is 0 Å². The first-order valence-corrected chi connectivity index (χ1v) is 34.0. The van der Waals surface area contributed by atoms with Gasteiger partial charge in [-0.05, 0) is 157 Å². The van der Waals surface area contributed by atoms with E-state index in [4.69, 9.17) is 22.8 Å². The zero-order valence-corrected chi connectivity index (χ0v) is 53.8. The average Bonchev–Trinajstić information content (AvgIpc) is 1.65. The van der Waals surface area contributed by atoms with E-state index < -0.39 is 49.8 Å². The third-order valence-corrected chi connectivity index (χ3v) is 22.2. The fourth-order valence-corrected chi connectivity index (χ4v) is 16.6. The number of aryl methyl sites for hydroxylation is 2. The Bertz CT molecular complexity index is 4450. The molecule has 0 saturated carbocycles. The van der Waals surface area contributed by atoms with Gasteiger partial charge in [-0.3, -0.25) is 19.6 Å². The van der Waals surface area contributed by atoms with E-state index in [1.54, 1.807) is 42.5 Å². The summed E-state index contributed by atoms with van der Waals surface area (Å²) in [6.45, 7) is 7.58. The molecule has 474 valence electrons. The zero-order chi connectivity index (χ0) is 63.0. The normalized spacial score (nSPS) is 21.6. The number of ether oxygens (including phenoxy) is 2. The number of alkyl halides is 2. The summed E-state index contributed by atoms with van der Waals surface area (Å²) < 4.78 is 136. The molecule has 14 rings (SSSR count). The van der Waals surface area contributed by atoms with Crippen LogP contribution in [0.1, 0.15) is 73.6 Å². The number of rotatable bonds is 14. The molecule has 0 spiro atoms. The fourth-order valence-electron chi connectivity index (χ4n) is 13.7. The largest absolute Gasteiger partial charge is 0.508 e. The van der Waals surface area contributed by atoms with Gasteiger partial charge in [0.25, 0.3) is 11.6 Å². The number of benzene rings is 6. The second kappa shape index (κ2) is 24.2. The molecule has 6 aliphatic rings. The highest BCUT2D eigenvalue weighted by Crippen LogP contribution is 2.45. The van der Waals surface area contributed by atoms with Crippen molar-refractivity contribution in [1.82, 2.24) is 29.7 Å². The Hall–Kier alpha value is -7.10. The highest BCUT2D eigenvalue weighted by molar-refractivity contribution is 9.11. The number of H-pyrrole nitrogens is 1. The Labute approximate surface area is 535 Å². The van der Waals surface area contributed by atoms with Crippen molar-refractivity contribution in [3.05, 3.63) is 162 Å². The summed E-state index contributed by atoms with van der Waals surface area (Å²) in [7, 11) is -8.56. The third kappa shape index (κ3) is 12.1. The lowest BCUT2D eigenvalue weighted by Crippen LogP contribution is -2.44. The average molecular weight is 1410 g/mol. The van der Waals surface area contributed by atoms with E-state index in [1.807, 2.05) is 23.6 Å². The van der Waals surface area contributed by atoms with Gasteiger partial charge in [-0.1, -0.05) is 47.5 Å². The lowest BCUT2D eigenvalue weighted by atomic mass is 9.95. The van der Waals surface area contributed by atoms with Crippen LogP contribution >= 0.6 is 31.9 Å². The molecule has 18 nitrogen and oxygen atoms in total. The summed E-state index contributed by atoms with van der Waals surface area (Å²) in [5.74, 6) is -1.02. The van der Waals surface area contributed by atoms with E-state index in [9.17, 15) is 39.9 Å². The molecular weight excluding hydrogens is 1340 g/mol. The first-order valence-electron chi connectivity index (χ1n) is 29.6. The minimum Gasteiger partial charge on any atom is -0.508 e. The van der Waals surface area contributed by atoms with E-state index in [0.29, 0.717) is 105 Å². The number of nitrogens with zero attached hydrogens (tertiary/aromatic N) is 7. The summed E-state index contributed by atoms with van der Waals surface area (Å²) in [5.41, 5.74) is 3.76. The van der Waals surface area contributed by atoms with Crippen molar-refractivity contribution in [2.24, 2.45) is 0 Å². The minimum absolute atomic E-state index is 0. The molecule has 4 saturated heterocycles. The number of phenols is 1. The number of halogens is 6. The van der Waals surface area contributed by atoms with Crippen LogP contribution in [-0.4, -0.2) is 128 Å². The van der Waals surface area contributed by atoms with E-state index in [2.05, 4.69) is 56.6 Å². The van der Waals surface area contributed by atoms with Gasteiger partial charge in [-0.25, -0.2) is 17.6 Å². The Morgan fingerprint density at radius 1 is 0.644 bits per heavy atom. The van der Waals surface area contributed by atoms with Crippen molar-refractivity contribution < 1.29 is 58.8 Å². The molecule has 26 heteroatoms. The molecule has 4 atom stereocenters. The van der Waals surface area contributed by atoms with Crippen molar-refractivity contribution in [3.8, 4) is 29.4 Å². The van der Waals surface area contributed by atoms with Gasteiger partial charge in [0, 0.05) is 85.9 Å². The van der Waals surface area contributed by atoms with Crippen molar-refractivity contribution in [2.45, 2.75) is 112 Å². The molecule has 2 aromatic heterocycles. The molecule has 8 heterocycles. The summed E-state index contributed by atoms with van der Waals surface area (Å²) in [5, 5.41) is 12.6. The molecule has 8 aromatic rings. The molecule has 6 aromatic carbocycles. The van der Waals surface area contributed by atoms with Gasteiger partial charge in [0.05, 0.1) is 44.5 Å². The number of fused-ring (bicyclic) bond motifs is 6. The van der Waals surface area contributed by atoms with Gasteiger partial charge in [0.2, 0.25) is 5.88 Å². The van der Waals surface area contributed by atoms with Crippen molar-refractivity contribution in [3.63, 3.8) is 0 Å². The van der Waals surface area contributed by atoms with Crippen molar-refractivity contribution in [1.29, 1.82) is 0 Å². The predicted molar refractivity (Wildman–Crippen MR) is 338 cm³/mol. The SMILES string of the molecule is Cc1ccc(S(=O)(=O)Oc2cc(N3CCc4c(nc(OC[C@@]56CCCN5C[C@H](F)C6)nc4OS(=O)(=O)c4ccc(C)cc4)C3)c3c(Br)c(F)ccc3c2)cc1.O=c1[nH]c(OC[C@@]23CCCN2C[C@H](F)C3)nc2c1CCN(c1cc(O)cc3ccc(F)c(Br)c13)C2.[HH]. The molecule has 4 fully saturated rings. The quantitative estimate of drug-likeness (QED) is 0.0766. The summed E-state index contributed by atoms with van der Waals surface area (Å²) in [6.07, 6.45) is 3.08. The van der Waals surface area contributed by atoms with Crippen LogP contribution in [0.15, 0.2) is 121 Å². The lowest BCUT2D eigenvalue weighted by molar-refractivity contribution is 0.106. The number of anilines is 2. The first kappa shape index (κ1) is 61.7. The molecule has 0 bridgehead atoms. The Balaban J connectivity index is 0.000000191. The van der Waals surface area contributed by atoms with Gasteiger partial charge in [-0.15, -0.1) is 0 Å². The van der Waals surface area contributed by atoms with E-state index in [1.165, 1.54) is 54.6 Å². The molecule has 0 unspecified atom stereocenters. The molecule has 0 aliphatic carbocycles. The second-order valence-electron chi connectivity index (χ2n) is 24.1. The topological polar surface area (TPSA) is 210 Å². The lowest BCUT2D eigenvalue weighted by Gasteiger charge is -2.33. The van der Waals surface area contributed by atoms with Gasteiger partial charge in [0.1, 0.15) is 58.5 Å². The highest BCUT2D eigenvalue weighted by Gasteiger charge is 2.51.